The fraction of sp³-hybridized carbons (Fsp3) is 1.00. The van der Waals surface area contributed by atoms with Crippen molar-refractivity contribution in [2.24, 2.45) is 5.41 Å². The van der Waals surface area contributed by atoms with Crippen LogP contribution in [0.15, 0.2) is 0 Å². The minimum absolute atomic E-state index is 0.00339. The molecule has 0 atom stereocenters. The molecule has 0 aromatic rings. The van der Waals surface area contributed by atoms with E-state index in [1.165, 1.54) is 44.9 Å². The van der Waals surface area contributed by atoms with Gasteiger partial charge in [0.15, 0.2) is 0 Å². The third kappa shape index (κ3) is 6.50. The van der Waals surface area contributed by atoms with Gasteiger partial charge in [0.1, 0.15) is 0 Å². The zero-order valence-corrected chi connectivity index (χ0v) is 11.7. The summed E-state index contributed by atoms with van der Waals surface area (Å²) in [5.41, 5.74) is 0.00339. The molecular weight excluding hydrogens is 199 g/mol. The molecule has 0 aromatic heterocycles. The summed E-state index contributed by atoms with van der Waals surface area (Å²) in [5.74, 6) is 0. The van der Waals surface area contributed by atoms with Crippen molar-refractivity contribution in [2.75, 3.05) is 6.67 Å². The van der Waals surface area contributed by atoms with Crippen LogP contribution in [0.2, 0.25) is 0 Å². The van der Waals surface area contributed by atoms with Gasteiger partial charge in [-0.05, 0) is 24.7 Å². The quantitative estimate of drug-likeness (QED) is 0.387. The maximum atomic E-state index is 13.0. The molecule has 0 saturated carbocycles. The molecular formula is C15H31F. The van der Waals surface area contributed by atoms with E-state index in [1.807, 2.05) is 0 Å². The second-order valence-electron chi connectivity index (χ2n) is 5.21. The Morgan fingerprint density at radius 3 is 1.69 bits per heavy atom. The highest BCUT2D eigenvalue weighted by molar-refractivity contribution is 4.75. The molecule has 0 aromatic carbocycles. The topological polar surface area (TPSA) is 0 Å². The highest BCUT2D eigenvalue weighted by Crippen LogP contribution is 2.33. The van der Waals surface area contributed by atoms with E-state index in [1.54, 1.807) is 0 Å². The lowest BCUT2D eigenvalue weighted by Crippen LogP contribution is -2.21. The Labute approximate surface area is 102 Å². The first-order valence-corrected chi connectivity index (χ1v) is 7.30. The molecule has 0 bridgehead atoms. The number of unbranched alkanes of at least 4 members (excludes halogenated alkanes) is 6. The number of halogens is 1. The van der Waals surface area contributed by atoms with E-state index in [4.69, 9.17) is 0 Å². The molecule has 0 saturated heterocycles. The first-order chi connectivity index (χ1) is 7.74. The predicted octanol–water partition coefficient (Wildman–Crippen LogP) is 5.90. The Morgan fingerprint density at radius 2 is 1.25 bits per heavy atom. The third-order valence-corrected chi connectivity index (χ3v) is 4.09. The van der Waals surface area contributed by atoms with E-state index in [0.29, 0.717) is 0 Å². The van der Waals surface area contributed by atoms with Crippen molar-refractivity contribution in [1.82, 2.24) is 0 Å². The predicted molar refractivity (Wildman–Crippen MR) is 71.6 cm³/mol. The fourth-order valence-electron chi connectivity index (χ4n) is 2.32. The van der Waals surface area contributed by atoms with Gasteiger partial charge in [-0.25, -0.2) is 0 Å². The van der Waals surface area contributed by atoms with Crippen molar-refractivity contribution in [1.29, 1.82) is 0 Å². The Bertz CT molecular complexity index is 130. The molecule has 0 aliphatic rings. The average Bonchev–Trinajstić information content (AvgIpc) is 2.34. The van der Waals surface area contributed by atoms with Gasteiger partial charge in [-0.3, -0.25) is 4.39 Å². The van der Waals surface area contributed by atoms with E-state index in [2.05, 4.69) is 20.8 Å². The molecule has 0 rings (SSSR count). The van der Waals surface area contributed by atoms with Crippen molar-refractivity contribution < 1.29 is 4.39 Å². The minimum atomic E-state index is -0.129. The first-order valence-electron chi connectivity index (χ1n) is 7.30. The maximum absolute atomic E-state index is 13.0. The summed E-state index contributed by atoms with van der Waals surface area (Å²) in [5, 5.41) is 0. The van der Waals surface area contributed by atoms with Crippen molar-refractivity contribution in [3.05, 3.63) is 0 Å². The largest absolute Gasteiger partial charge is 0.250 e. The van der Waals surface area contributed by atoms with Gasteiger partial charge in [-0.1, -0.05) is 65.7 Å². The molecule has 0 unspecified atom stereocenters. The zero-order valence-electron chi connectivity index (χ0n) is 11.7. The van der Waals surface area contributed by atoms with Crippen molar-refractivity contribution >= 4 is 0 Å². The molecule has 16 heavy (non-hydrogen) atoms. The smallest absolute Gasteiger partial charge is 0.0950 e. The van der Waals surface area contributed by atoms with Gasteiger partial charge < -0.3 is 0 Å². The van der Waals surface area contributed by atoms with Gasteiger partial charge in [0, 0.05) is 0 Å². The van der Waals surface area contributed by atoms with Crippen LogP contribution in [0.5, 0.6) is 0 Å². The zero-order chi connectivity index (χ0) is 12.3. The van der Waals surface area contributed by atoms with Gasteiger partial charge >= 0.3 is 0 Å². The van der Waals surface area contributed by atoms with Gasteiger partial charge in [-0.15, -0.1) is 0 Å². The molecule has 0 nitrogen and oxygen atoms in total. The van der Waals surface area contributed by atoms with Crippen LogP contribution >= 0.6 is 0 Å². The van der Waals surface area contributed by atoms with Crippen LogP contribution in [-0.4, -0.2) is 6.67 Å². The maximum Gasteiger partial charge on any atom is 0.0950 e. The second kappa shape index (κ2) is 10.1. The van der Waals surface area contributed by atoms with Crippen LogP contribution in [0.3, 0.4) is 0 Å². The number of hydrogen-bond donors (Lipinski definition) is 0. The van der Waals surface area contributed by atoms with Crippen molar-refractivity contribution in [3.8, 4) is 0 Å². The van der Waals surface area contributed by atoms with Gasteiger partial charge in [-0.2, -0.15) is 0 Å². The highest BCUT2D eigenvalue weighted by atomic mass is 19.1. The van der Waals surface area contributed by atoms with E-state index >= 15 is 0 Å². The molecule has 0 amide bonds. The summed E-state index contributed by atoms with van der Waals surface area (Å²) in [6, 6.07) is 0. The Morgan fingerprint density at radius 1 is 0.750 bits per heavy atom. The Hall–Kier alpha value is -0.0700. The highest BCUT2D eigenvalue weighted by Gasteiger charge is 2.25. The van der Waals surface area contributed by atoms with E-state index < -0.39 is 0 Å². The van der Waals surface area contributed by atoms with Crippen LogP contribution in [-0.2, 0) is 0 Å². The lowest BCUT2D eigenvalue weighted by Gasteiger charge is -2.28. The standard InChI is InChI=1S/C15H31F/c1-4-7-8-9-10-11-12-13-15(5-2,6-3)14-16/h4-14H2,1-3H3. The lowest BCUT2D eigenvalue weighted by molar-refractivity contribution is 0.167. The summed E-state index contributed by atoms with van der Waals surface area (Å²) in [6.07, 6.45) is 12.4. The first kappa shape index (κ1) is 15.9. The Kier molecular flexibility index (Phi) is 10.1. The van der Waals surface area contributed by atoms with E-state index in [0.717, 1.165) is 19.3 Å². The molecule has 98 valence electrons. The molecule has 0 N–H and O–H groups in total. The Balaban J connectivity index is 3.48. The summed E-state index contributed by atoms with van der Waals surface area (Å²) in [4.78, 5) is 0. The molecule has 1 heteroatoms. The van der Waals surface area contributed by atoms with Crippen LogP contribution in [0.4, 0.5) is 4.39 Å². The van der Waals surface area contributed by atoms with Crippen LogP contribution in [0.25, 0.3) is 0 Å². The molecule has 0 radical (unpaired) electrons. The number of alkyl halides is 1. The normalized spacial score (nSPS) is 12.0. The van der Waals surface area contributed by atoms with Crippen molar-refractivity contribution in [3.63, 3.8) is 0 Å². The monoisotopic (exact) mass is 230 g/mol. The van der Waals surface area contributed by atoms with Gasteiger partial charge in [0.05, 0.1) is 6.67 Å². The molecule has 0 heterocycles. The van der Waals surface area contributed by atoms with Gasteiger partial charge in [0.25, 0.3) is 0 Å². The minimum Gasteiger partial charge on any atom is -0.250 e. The summed E-state index contributed by atoms with van der Waals surface area (Å²) >= 11 is 0. The van der Waals surface area contributed by atoms with E-state index in [9.17, 15) is 4.39 Å². The third-order valence-electron chi connectivity index (χ3n) is 4.09. The average molecular weight is 230 g/mol. The molecule has 0 aliphatic heterocycles. The van der Waals surface area contributed by atoms with Gasteiger partial charge in [0.2, 0.25) is 0 Å². The lowest BCUT2D eigenvalue weighted by atomic mass is 9.79. The summed E-state index contributed by atoms with van der Waals surface area (Å²) in [6.45, 7) is 6.38. The van der Waals surface area contributed by atoms with Crippen LogP contribution < -0.4 is 0 Å². The van der Waals surface area contributed by atoms with Crippen LogP contribution in [0.1, 0.15) is 85.0 Å². The van der Waals surface area contributed by atoms with Crippen LogP contribution in [0, 0.1) is 5.41 Å². The molecule has 0 fully saturated rings. The SMILES string of the molecule is CCCCCCCCCC(CC)(CC)CF. The second-order valence-corrected chi connectivity index (χ2v) is 5.21. The number of hydrogen-bond acceptors (Lipinski definition) is 0. The fourth-order valence-corrected chi connectivity index (χ4v) is 2.32. The summed E-state index contributed by atoms with van der Waals surface area (Å²) < 4.78 is 13.0. The molecule has 0 aliphatic carbocycles. The number of rotatable bonds is 11. The molecule has 0 spiro atoms. The van der Waals surface area contributed by atoms with Crippen molar-refractivity contribution in [2.45, 2.75) is 85.0 Å². The van der Waals surface area contributed by atoms with E-state index in [-0.39, 0.29) is 12.1 Å². The summed E-state index contributed by atoms with van der Waals surface area (Å²) in [7, 11) is 0.